The number of nitrogens with zero attached hydrogens (tertiary/aromatic N) is 3. The first-order valence-corrected chi connectivity index (χ1v) is 3.84. The largest absolute Gasteiger partial charge is 0.253 e. The van der Waals surface area contributed by atoms with Crippen LogP contribution in [-0.2, 0) is 11.7 Å². The van der Waals surface area contributed by atoms with Gasteiger partial charge in [0.25, 0.3) is 0 Å². The van der Waals surface area contributed by atoms with E-state index in [1.54, 1.807) is 11.0 Å². The molecule has 0 N–H and O–H groups in total. The SMILES string of the molecule is [O]CCCCCn1cncn1. The van der Waals surface area contributed by atoms with Crippen molar-refractivity contribution in [2.24, 2.45) is 0 Å². The van der Waals surface area contributed by atoms with E-state index in [1.807, 2.05) is 0 Å². The number of hydrogen-bond donors (Lipinski definition) is 0. The lowest BCUT2D eigenvalue weighted by molar-refractivity contribution is 0.185. The summed E-state index contributed by atoms with van der Waals surface area (Å²) < 4.78 is 1.78. The molecule has 0 aliphatic heterocycles. The van der Waals surface area contributed by atoms with Gasteiger partial charge in [0, 0.05) is 6.54 Å². The summed E-state index contributed by atoms with van der Waals surface area (Å²) in [5.41, 5.74) is 0. The second-order valence-corrected chi connectivity index (χ2v) is 2.42. The van der Waals surface area contributed by atoms with Crippen LogP contribution in [-0.4, -0.2) is 21.4 Å². The first-order chi connectivity index (χ1) is 5.43. The molecule has 0 saturated carbocycles. The minimum absolute atomic E-state index is 0.0390. The molecule has 0 saturated heterocycles. The zero-order valence-electron chi connectivity index (χ0n) is 6.44. The van der Waals surface area contributed by atoms with Crippen molar-refractivity contribution in [2.75, 3.05) is 6.61 Å². The van der Waals surface area contributed by atoms with E-state index in [4.69, 9.17) is 0 Å². The molecule has 0 bridgehead atoms. The Labute approximate surface area is 65.9 Å². The van der Waals surface area contributed by atoms with Crippen LogP contribution in [0.15, 0.2) is 12.7 Å². The van der Waals surface area contributed by atoms with Crippen molar-refractivity contribution < 1.29 is 5.11 Å². The van der Waals surface area contributed by atoms with Gasteiger partial charge in [-0.05, 0) is 19.3 Å². The third kappa shape index (κ3) is 3.13. The summed E-state index contributed by atoms with van der Waals surface area (Å²) in [7, 11) is 0. The highest BCUT2D eigenvalue weighted by Gasteiger charge is 1.90. The smallest absolute Gasteiger partial charge is 0.137 e. The molecule has 0 unspecified atom stereocenters. The first-order valence-electron chi connectivity index (χ1n) is 3.84. The van der Waals surface area contributed by atoms with Gasteiger partial charge in [0.2, 0.25) is 0 Å². The molecular weight excluding hydrogens is 142 g/mol. The number of hydrogen-bond acceptors (Lipinski definition) is 2. The Kier molecular flexibility index (Phi) is 3.61. The van der Waals surface area contributed by atoms with Crippen LogP contribution >= 0.6 is 0 Å². The Hall–Kier alpha value is -0.900. The highest BCUT2D eigenvalue weighted by atomic mass is 16.2. The van der Waals surface area contributed by atoms with Gasteiger partial charge in [-0.2, -0.15) is 5.10 Å². The lowest BCUT2D eigenvalue weighted by atomic mass is 10.2. The van der Waals surface area contributed by atoms with Crippen LogP contribution in [0.3, 0.4) is 0 Å². The van der Waals surface area contributed by atoms with Crippen LogP contribution in [0.5, 0.6) is 0 Å². The van der Waals surface area contributed by atoms with E-state index in [1.165, 1.54) is 6.33 Å². The molecule has 0 spiro atoms. The fraction of sp³-hybridized carbons (Fsp3) is 0.714. The van der Waals surface area contributed by atoms with Crippen molar-refractivity contribution in [2.45, 2.75) is 25.8 Å². The first kappa shape index (κ1) is 8.20. The normalized spacial score (nSPS) is 10.3. The predicted octanol–water partition coefficient (Wildman–Crippen LogP) is 0.879. The van der Waals surface area contributed by atoms with Crippen molar-refractivity contribution >= 4 is 0 Å². The van der Waals surface area contributed by atoms with Gasteiger partial charge in [0.15, 0.2) is 0 Å². The molecule has 0 amide bonds. The van der Waals surface area contributed by atoms with E-state index < -0.39 is 0 Å². The summed E-state index contributed by atoms with van der Waals surface area (Å²) in [6, 6.07) is 0. The Morgan fingerprint density at radius 2 is 2.18 bits per heavy atom. The highest BCUT2D eigenvalue weighted by molar-refractivity contribution is 4.55. The monoisotopic (exact) mass is 154 g/mol. The molecule has 1 radical (unpaired) electrons. The molecule has 4 nitrogen and oxygen atoms in total. The van der Waals surface area contributed by atoms with Crippen LogP contribution in [0.2, 0.25) is 0 Å². The molecule has 0 atom stereocenters. The molecule has 4 heteroatoms. The quantitative estimate of drug-likeness (QED) is 0.591. The predicted molar refractivity (Wildman–Crippen MR) is 39.4 cm³/mol. The van der Waals surface area contributed by atoms with Crippen molar-refractivity contribution in [3.63, 3.8) is 0 Å². The van der Waals surface area contributed by atoms with Crippen molar-refractivity contribution in [1.29, 1.82) is 0 Å². The molecule has 0 aromatic carbocycles. The van der Waals surface area contributed by atoms with Gasteiger partial charge >= 0.3 is 0 Å². The van der Waals surface area contributed by atoms with Crippen LogP contribution < -0.4 is 0 Å². The summed E-state index contributed by atoms with van der Waals surface area (Å²) in [5, 5.41) is 14.0. The van der Waals surface area contributed by atoms with Crippen molar-refractivity contribution in [3.05, 3.63) is 12.7 Å². The van der Waals surface area contributed by atoms with Crippen molar-refractivity contribution in [1.82, 2.24) is 14.8 Å². The van der Waals surface area contributed by atoms with E-state index >= 15 is 0 Å². The molecule has 0 aliphatic rings. The molecule has 11 heavy (non-hydrogen) atoms. The number of unbranched alkanes of at least 4 members (excludes halogenated alkanes) is 2. The van der Waals surface area contributed by atoms with Gasteiger partial charge in [-0.25, -0.2) is 10.1 Å². The third-order valence-electron chi connectivity index (χ3n) is 1.50. The van der Waals surface area contributed by atoms with Crippen LogP contribution in [0.1, 0.15) is 19.3 Å². The number of aromatic nitrogens is 3. The maximum absolute atomic E-state index is 10.1. The molecule has 1 aromatic heterocycles. The molecule has 1 aromatic rings. The second-order valence-electron chi connectivity index (χ2n) is 2.42. The molecule has 0 aliphatic carbocycles. The van der Waals surface area contributed by atoms with Gasteiger partial charge < -0.3 is 0 Å². The van der Waals surface area contributed by atoms with Gasteiger partial charge in [-0.3, -0.25) is 4.68 Å². The minimum atomic E-state index is 0.0390. The number of rotatable bonds is 5. The van der Waals surface area contributed by atoms with Crippen LogP contribution in [0, 0.1) is 0 Å². The van der Waals surface area contributed by atoms with E-state index in [-0.39, 0.29) is 6.61 Å². The highest BCUT2D eigenvalue weighted by Crippen LogP contribution is 1.96. The van der Waals surface area contributed by atoms with E-state index in [2.05, 4.69) is 10.1 Å². The fourth-order valence-corrected chi connectivity index (χ4v) is 0.901. The van der Waals surface area contributed by atoms with E-state index in [9.17, 15) is 5.11 Å². The summed E-state index contributed by atoms with van der Waals surface area (Å²) in [6.45, 7) is 0.914. The average Bonchev–Trinajstić information content (AvgIpc) is 2.50. The van der Waals surface area contributed by atoms with Gasteiger partial charge in [-0.1, -0.05) is 0 Å². The molecule has 61 valence electrons. The van der Waals surface area contributed by atoms with Gasteiger partial charge in [0.1, 0.15) is 12.7 Å². The summed E-state index contributed by atoms with van der Waals surface area (Å²) in [5.74, 6) is 0. The fourth-order valence-electron chi connectivity index (χ4n) is 0.901. The van der Waals surface area contributed by atoms with E-state index in [0.717, 1.165) is 25.8 Å². The molecule has 1 heterocycles. The second kappa shape index (κ2) is 4.85. The minimum Gasteiger partial charge on any atom is -0.253 e. The maximum atomic E-state index is 10.1. The Morgan fingerprint density at radius 3 is 2.82 bits per heavy atom. The molecular formula is C7H12N3O. The zero-order valence-corrected chi connectivity index (χ0v) is 6.44. The van der Waals surface area contributed by atoms with Gasteiger partial charge in [0.05, 0.1) is 6.61 Å². The summed E-state index contributed by atoms with van der Waals surface area (Å²) >= 11 is 0. The van der Waals surface area contributed by atoms with Crippen LogP contribution in [0.25, 0.3) is 0 Å². The topological polar surface area (TPSA) is 50.6 Å². The third-order valence-corrected chi connectivity index (χ3v) is 1.50. The van der Waals surface area contributed by atoms with Crippen molar-refractivity contribution in [3.8, 4) is 0 Å². The Morgan fingerprint density at radius 1 is 1.27 bits per heavy atom. The lowest BCUT2D eigenvalue weighted by Gasteiger charge is -1.97. The van der Waals surface area contributed by atoms with E-state index in [0.29, 0.717) is 0 Å². The van der Waals surface area contributed by atoms with Gasteiger partial charge in [-0.15, -0.1) is 0 Å². The summed E-state index contributed by atoms with van der Waals surface area (Å²) in [6.07, 6.45) is 5.99. The lowest BCUT2D eigenvalue weighted by Crippen LogP contribution is -1.98. The molecule has 1 rings (SSSR count). The standard InChI is InChI=1S/C7H12N3O/c11-5-3-1-2-4-10-7-8-6-9-10/h6-7H,1-5H2. The van der Waals surface area contributed by atoms with Crippen LogP contribution in [0.4, 0.5) is 0 Å². The average molecular weight is 154 g/mol. The summed E-state index contributed by atoms with van der Waals surface area (Å²) in [4.78, 5) is 3.81. The number of aryl methyl sites for hydroxylation is 1. The molecule has 0 fully saturated rings. The zero-order chi connectivity index (χ0) is 7.94. The Bertz CT molecular complexity index is 174. The Balaban J connectivity index is 2.04. The maximum Gasteiger partial charge on any atom is 0.137 e.